The van der Waals surface area contributed by atoms with Gasteiger partial charge in [-0.2, -0.15) is 0 Å². The minimum absolute atomic E-state index is 0.544. The zero-order valence-corrected chi connectivity index (χ0v) is 17.1. The summed E-state index contributed by atoms with van der Waals surface area (Å²) in [6.07, 6.45) is 3.87. The first kappa shape index (κ1) is 20.6. The third-order valence-corrected chi connectivity index (χ3v) is 5.27. The second-order valence-electron chi connectivity index (χ2n) is 7.37. The van der Waals surface area contributed by atoms with Crippen molar-refractivity contribution < 1.29 is 10.0 Å². The summed E-state index contributed by atoms with van der Waals surface area (Å²) >= 11 is 0. The number of hydrogen-bond acceptors (Lipinski definition) is 3. The number of nitrogens with one attached hydrogen (secondary N) is 3. The summed E-state index contributed by atoms with van der Waals surface area (Å²) in [6, 6.07) is 26.9. The van der Waals surface area contributed by atoms with Gasteiger partial charge in [-0.05, 0) is 47.4 Å². The lowest BCUT2D eigenvalue weighted by atomic mass is 10.0. The molecule has 0 unspecified atom stereocenters. The first-order chi connectivity index (χ1) is 15.2. The van der Waals surface area contributed by atoms with Gasteiger partial charge in [0.1, 0.15) is 0 Å². The largest absolute Gasteiger partial charge is 0.354 e. The van der Waals surface area contributed by atoms with E-state index in [9.17, 15) is 4.79 Å². The Morgan fingerprint density at radius 2 is 1.68 bits per heavy atom. The van der Waals surface area contributed by atoms with Gasteiger partial charge >= 0.3 is 0 Å². The van der Waals surface area contributed by atoms with Crippen molar-refractivity contribution in [1.29, 1.82) is 0 Å². The molecule has 1 aromatic heterocycles. The number of aromatic nitrogens is 1. The fraction of sp³-hybridized carbons (Fsp3) is 0.115. The molecule has 0 radical (unpaired) electrons. The Kier molecular flexibility index (Phi) is 6.57. The molecule has 0 fully saturated rings. The van der Waals surface area contributed by atoms with Gasteiger partial charge in [0, 0.05) is 29.2 Å². The van der Waals surface area contributed by atoms with Crippen LogP contribution in [0.25, 0.3) is 28.2 Å². The smallest absolute Gasteiger partial charge is 0.267 e. The summed E-state index contributed by atoms with van der Waals surface area (Å²) in [5, 5.41) is 13.3. The zero-order valence-electron chi connectivity index (χ0n) is 17.1. The van der Waals surface area contributed by atoms with Gasteiger partial charge in [-0.1, -0.05) is 72.8 Å². The van der Waals surface area contributed by atoms with Gasteiger partial charge in [-0.15, -0.1) is 0 Å². The summed E-state index contributed by atoms with van der Waals surface area (Å²) in [7, 11) is 0. The molecule has 4 aromatic rings. The number of amides is 1. The SMILES string of the molecule is O=C(/C=C/c1ccc(CNCCc2c(-c3ccccc3)[nH]c3ccccc23)cc1)NO. The maximum atomic E-state index is 11.1. The second kappa shape index (κ2) is 9.89. The van der Waals surface area contributed by atoms with E-state index in [0.717, 1.165) is 30.6 Å². The van der Waals surface area contributed by atoms with Gasteiger partial charge in [0.25, 0.3) is 5.91 Å². The minimum Gasteiger partial charge on any atom is -0.354 e. The van der Waals surface area contributed by atoms with Crippen LogP contribution in [0.3, 0.4) is 0 Å². The molecule has 5 heteroatoms. The van der Waals surface area contributed by atoms with Crippen molar-refractivity contribution in [3.8, 4) is 11.3 Å². The van der Waals surface area contributed by atoms with E-state index in [4.69, 9.17) is 5.21 Å². The van der Waals surface area contributed by atoms with E-state index in [0.29, 0.717) is 0 Å². The van der Waals surface area contributed by atoms with Gasteiger partial charge < -0.3 is 10.3 Å². The van der Waals surface area contributed by atoms with Gasteiger partial charge in [0.15, 0.2) is 0 Å². The van der Waals surface area contributed by atoms with E-state index >= 15 is 0 Å². The highest BCUT2D eigenvalue weighted by Gasteiger charge is 2.12. The third-order valence-electron chi connectivity index (χ3n) is 5.27. The first-order valence-electron chi connectivity index (χ1n) is 10.3. The van der Waals surface area contributed by atoms with Crippen molar-refractivity contribution in [1.82, 2.24) is 15.8 Å². The van der Waals surface area contributed by atoms with Crippen LogP contribution in [0.1, 0.15) is 16.7 Å². The highest BCUT2D eigenvalue weighted by Crippen LogP contribution is 2.30. The number of aromatic amines is 1. The molecular weight excluding hydrogens is 386 g/mol. The van der Waals surface area contributed by atoms with Crippen molar-refractivity contribution >= 4 is 22.9 Å². The Balaban J connectivity index is 1.40. The summed E-state index contributed by atoms with van der Waals surface area (Å²) in [4.78, 5) is 14.7. The van der Waals surface area contributed by atoms with Crippen LogP contribution in [-0.2, 0) is 17.8 Å². The Morgan fingerprint density at radius 1 is 0.935 bits per heavy atom. The summed E-state index contributed by atoms with van der Waals surface area (Å²) in [6.45, 7) is 1.63. The summed E-state index contributed by atoms with van der Waals surface area (Å²) in [5.74, 6) is -0.544. The van der Waals surface area contributed by atoms with Crippen LogP contribution in [0, 0.1) is 0 Å². The number of rotatable bonds is 8. The molecule has 0 saturated carbocycles. The van der Waals surface area contributed by atoms with Gasteiger partial charge in [-0.3, -0.25) is 10.0 Å². The van der Waals surface area contributed by atoms with E-state index in [1.807, 2.05) is 30.3 Å². The molecule has 0 aliphatic rings. The van der Waals surface area contributed by atoms with Gasteiger partial charge in [0.2, 0.25) is 0 Å². The van der Waals surface area contributed by atoms with Gasteiger partial charge in [0.05, 0.1) is 0 Å². The van der Waals surface area contributed by atoms with E-state index in [1.165, 1.54) is 33.8 Å². The molecule has 0 aliphatic carbocycles. The van der Waals surface area contributed by atoms with E-state index in [-0.39, 0.29) is 0 Å². The molecule has 5 nitrogen and oxygen atoms in total. The topological polar surface area (TPSA) is 77.2 Å². The fourth-order valence-corrected chi connectivity index (χ4v) is 3.71. The highest BCUT2D eigenvalue weighted by molar-refractivity contribution is 5.91. The molecule has 0 bridgehead atoms. The van der Waals surface area contributed by atoms with Crippen molar-refractivity contribution in [2.75, 3.05) is 6.54 Å². The molecular formula is C26H25N3O2. The van der Waals surface area contributed by atoms with Crippen molar-refractivity contribution in [3.05, 3.63) is 102 Å². The van der Waals surface area contributed by atoms with Crippen LogP contribution in [0.15, 0.2) is 84.9 Å². The molecule has 4 rings (SSSR count). The maximum absolute atomic E-state index is 11.1. The van der Waals surface area contributed by atoms with E-state index in [1.54, 1.807) is 11.6 Å². The van der Waals surface area contributed by atoms with Crippen LogP contribution in [0.2, 0.25) is 0 Å². The molecule has 1 heterocycles. The Morgan fingerprint density at radius 3 is 2.45 bits per heavy atom. The van der Waals surface area contributed by atoms with Crippen molar-refractivity contribution in [3.63, 3.8) is 0 Å². The Labute approximate surface area is 181 Å². The lowest BCUT2D eigenvalue weighted by Gasteiger charge is -2.08. The average molecular weight is 412 g/mol. The molecule has 0 spiro atoms. The molecule has 31 heavy (non-hydrogen) atoms. The lowest BCUT2D eigenvalue weighted by Crippen LogP contribution is -2.16. The van der Waals surface area contributed by atoms with Crippen molar-refractivity contribution in [2.45, 2.75) is 13.0 Å². The quantitative estimate of drug-likeness (QED) is 0.147. The van der Waals surface area contributed by atoms with Crippen LogP contribution >= 0.6 is 0 Å². The van der Waals surface area contributed by atoms with Crippen LogP contribution in [0.5, 0.6) is 0 Å². The number of carbonyl (C=O) groups excluding carboxylic acids is 1. The van der Waals surface area contributed by atoms with Crippen LogP contribution < -0.4 is 10.8 Å². The number of hydrogen-bond donors (Lipinski definition) is 4. The zero-order chi connectivity index (χ0) is 21.5. The van der Waals surface area contributed by atoms with Gasteiger partial charge in [-0.25, -0.2) is 5.48 Å². The first-order valence-corrected chi connectivity index (χ1v) is 10.3. The fourth-order valence-electron chi connectivity index (χ4n) is 3.71. The van der Waals surface area contributed by atoms with E-state index in [2.05, 4.69) is 58.8 Å². The molecule has 3 aromatic carbocycles. The average Bonchev–Trinajstić information content (AvgIpc) is 3.20. The standard InChI is InChI=1S/C26H25N3O2/c30-25(29-31)15-14-19-10-12-20(13-11-19)18-27-17-16-23-22-8-4-5-9-24(22)28-26(23)21-6-2-1-3-7-21/h1-15,27-28,31H,16-18H2,(H,29,30)/b15-14+. The summed E-state index contributed by atoms with van der Waals surface area (Å²) in [5.41, 5.74) is 8.53. The minimum atomic E-state index is -0.544. The predicted molar refractivity (Wildman–Crippen MR) is 125 cm³/mol. The van der Waals surface area contributed by atoms with Crippen molar-refractivity contribution in [2.24, 2.45) is 0 Å². The molecule has 156 valence electrons. The normalized spacial score (nSPS) is 11.3. The Bertz CT molecular complexity index is 1180. The number of hydroxylamine groups is 1. The highest BCUT2D eigenvalue weighted by atomic mass is 16.5. The number of benzene rings is 3. The monoisotopic (exact) mass is 411 g/mol. The molecule has 0 aliphatic heterocycles. The molecule has 0 atom stereocenters. The predicted octanol–water partition coefficient (Wildman–Crippen LogP) is 4.69. The maximum Gasteiger partial charge on any atom is 0.267 e. The Hall–Kier alpha value is -3.67. The number of H-pyrrole nitrogens is 1. The molecule has 4 N–H and O–H groups in total. The second-order valence-corrected chi connectivity index (χ2v) is 7.37. The number of carbonyl (C=O) groups is 1. The van der Waals surface area contributed by atoms with Crippen LogP contribution in [0.4, 0.5) is 0 Å². The third kappa shape index (κ3) is 5.09. The van der Waals surface area contributed by atoms with Crippen LogP contribution in [-0.4, -0.2) is 22.6 Å². The number of para-hydroxylation sites is 1. The summed E-state index contributed by atoms with van der Waals surface area (Å²) < 4.78 is 0. The van der Waals surface area contributed by atoms with E-state index < -0.39 is 5.91 Å². The lowest BCUT2D eigenvalue weighted by molar-refractivity contribution is -0.124. The molecule has 0 saturated heterocycles. The number of fused-ring (bicyclic) bond motifs is 1. The molecule has 1 amide bonds.